The van der Waals surface area contributed by atoms with Crippen LogP contribution in [0.5, 0.6) is 5.75 Å². The Hall–Kier alpha value is -2.09. The molecule has 0 aliphatic carbocycles. The van der Waals surface area contributed by atoms with E-state index in [-0.39, 0.29) is 10.8 Å². The topological polar surface area (TPSA) is 75.7 Å². The van der Waals surface area contributed by atoms with Gasteiger partial charge in [0.2, 0.25) is 15.9 Å². The molecule has 3 rings (SSSR count). The molecule has 1 atom stereocenters. The van der Waals surface area contributed by atoms with Crippen LogP contribution >= 0.6 is 11.6 Å². The highest BCUT2D eigenvalue weighted by atomic mass is 35.5. The van der Waals surface area contributed by atoms with Gasteiger partial charge in [0.1, 0.15) is 11.8 Å². The first-order valence-corrected chi connectivity index (χ1v) is 10.9. The molecular formula is C20H23ClN2O4S. The van der Waals surface area contributed by atoms with E-state index in [1.54, 1.807) is 7.11 Å². The van der Waals surface area contributed by atoms with Crippen molar-refractivity contribution in [2.24, 2.45) is 0 Å². The van der Waals surface area contributed by atoms with Crippen molar-refractivity contribution in [3.05, 3.63) is 59.1 Å². The number of hydrogen-bond acceptors (Lipinski definition) is 4. The second-order valence-electron chi connectivity index (χ2n) is 6.62. The number of nitrogens with one attached hydrogen (secondary N) is 1. The van der Waals surface area contributed by atoms with Crippen LogP contribution in [0.4, 0.5) is 0 Å². The molecule has 6 nitrogen and oxygen atoms in total. The van der Waals surface area contributed by atoms with Crippen molar-refractivity contribution in [3.8, 4) is 5.75 Å². The van der Waals surface area contributed by atoms with Gasteiger partial charge in [0.25, 0.3) is 0 Å². The molecule has 8 heteroatoms. The molecule has 0 radical (unpaired) electrons. The summed E-state index contributed by atoms with van der Waals surface area (Å²) in [6.45, 7) is 0.776. The van der Waals surface area contributed by atoms with Crippen LogP contribution in [0.25, 0.3) is 0 Å². The predicted octanol–water partition coefficient (Wildman–Crippen LogP) is 2.86. The molecule has 1 saturated heterocycles. The van der Waals surface area contributed by atoms with E-state index in [1.165, 1.54) is 28.6 Å². The van der Waals surface area contributed by atoms with Crippen LogP contribution in [0.15, 0.2) is 53.4 Å². The van der Waals surface area contributed by atoms with Gasteiger partial charge in [0.05, 0.1) is 12.0 Å². The monoisotopic (exact) mass is 422 g/mol. The number of carbonyl (C=O) groups is 1. The van der Waals surface area contributed by atoms with Gasteiger partial charge in [-0.05, 0) is 61.2 Å². The fourth-order valence-corrected chi connectivity index (χ4v) is 5.05. The fourth-order valence-electron chi connectivity index (χ4n) is 3.27. The summed E-state index contributed by atoms with van der Waals surface area (Å²) in [7, 11) is -2.12. The Bertz CT molecular complexity index is 914. The molecule has 0 aromatic heterocycles. The number of nitrogens with zero attached hydrogens (tertiary/aromatic N) is 1. The van der Waals surface area contributed by atoms with Crippen LogP contribution in [0.1, 0.15) is 18.4 Å². The molecule has 1 fully saturated rings. The molecule has 150 valence electrons. The van der Waals surface area contributed by atoms with E-state index < -0.39 is 16.1 Å². The van der Waals surface area contributed by atoms with Gasteiger partial charge in [-0.25, -0.2) is 8.42 Å². The molecule has 2 aromatic carbocycles. The van der Waals surface area contributed by atoms with E-state index in [4.69, 9.17) is 16.3 Å². The summed E-state index contributed by atoms with van der Waals surface area (Å²) >= 11 is 5.85. The van der Waals surface area contributed by atoms with Gasteiger partial charge >= 0.3 is 0 Å². The predicted molar refractivity (Wildman–Crippen MR) is 108 cm³/mol. The largest absolute Gasteiger partial charge is 0.497 e. The third kappa shape index (κ3) is 4.66. The zero-order valence-electron chi connectivity index (χ0n) is 15.6. The number of amides is 1. The third-order valence-electron chi connectivity index (χ3n) is 4.80. The van der Waals surface area contributed by atoms with E-state index in [2.05, 4.69) is 5.32 Å². The molecular weight excluding hydrogens is 400 g/mol. The number of halogens is 1. The molecule has 1 aliphatic heterocycles. The van der Waals surface area contributed by atoms with Gasteiger partial charge in [-0.2, -0.15) is 4.31 Å². The molecule has 28 heavy (non-hydrogen) atoms. The van der Waals surface area contributed by atoms with Crippen molar-refractivity contribution in [3.63, 3.8) is 0 Å². The van der Waals surface area contributed by atoms with E-state index in [1.807, 2.05) is 24.3 Å². The lowest BCUT2D eigenvalue weighted by molar-refractivity contribution is -0.124. The molecule has 2 aromatic rings. The summed E-state index contributed by atoms with van der Waals surface area (Å²) in [5, 5.41) is 3.33. The van der Waals surface area contributed by atoms with Gasteiger partial charge in [0, 0.05) is 18.1 Å². The maximum atomic E-state index is 12.9. The summed E-state index contributed by atoms with van der Waals surface area (Å²) in [5.41, 5.74) is 1.07. The second-order valence-corrected chi connectivity index (χ2v) is 8.94. The molecule has 1 heterocycles. The Balaban J connectivity index is 1.61. The minimum Gasteiger partial charge on any atom is -0.497 e. The normalized spacial score (nSPS) is 17.4. The molecule has 0 bridgehead atoms. The first-order chi connectivity index (χ1) is 13.4. The third-order valence-corrected chi connectivity index (χ3v) is 6.97. The van der Waals surface area contributed by atoms with Gasteiger partial charge in [-0.15, -0.1) is 0 Å². The van der Waals surface area contributed by atoms with Crippen LogP contribution in [0.2, 0.25) is 5.02 Å². The van der Waals surface area contributed by atoms with Crippen LogP contribution in [-0.4, -0.2) is 44.9 Å². The lowest BCUT2D eigenvalue weighted by atomic mass is 10.1. The van der Waals surface area contributed by atoms with Gasteiger partial charge in [-0.3, -0.25) is 4.79 Å². The van der Waals surface area contributed by atoms with E-state index in [0.717, 1.165) is 11.3 Å². The fraction of sp³-hybridized carbons (Fsp3) is 0.350. The van der Waals surface area contributed by atoms with Gasteiger partial charge in [0.15, 0.2) is 0 Å². The zero-order chi connectivity index (χ0) is 20.1. The first kappa shape index (κ1) is 20.6. The SMILES string of the molecule is COc1ccc(CCNC(=O)[C@@H]2CCCN2S(=O)(=O)c2ccc(Cl)cc2)cc1. The minimum absolute atomic E-state index is 0.148. The minimum atomic E-state index is -3.73. The Morgan fingerprint density at radius 2 is 1.86 bits per heavy atom. The standard InChI is InChI=1S/C20H23ClN2O4S/c1-27-17-8-4-15(5-9-17)12-13-22-20(24)19-3-2-14-23(19)28(25,26)18-10-6-16(21)7-11-18/h4-11,19H,2-3,12-14H2,1H3,(H,22,24)/t19-/m0/s1. The summed E-state index contributed by atoms with van der Waals surface area (Å²) in [4.78, 5) is 12.8. The van der Waals surface area contributed by atoms with Crippen molar-refractivity contribution >= 4 is 27.5 Å². The van der Waals surface area contributed by atoms with Crippen LogP contribution < -0.4 is 10.1 Å². The van der Waals surface area contributed by atoms with Crippen molar-refractivity contribution in [1.82, 2.24) is 9.62 Å². The summed E-state index contributed by atoms with van der Waals surface area (Å²) < 4.78 is 32.2. The summed E-state index contributed by atoms with van der Waals surface area (Å²) in [6.07, 6.45) is 1.83. The highest BCUT2D eigenvalue weighted by Crippen LogP contribution is 2.27. The highest BCUT2D eigenvalue weighted by Gasteiger charge is 2.39. The van der Waals surface area contributed by atoms with Gasteiger partial charge in [-0.1, -0.05) is 23.7 Å². The number of sulfonamides is 1. The maximum absolute atomic E-state index is 12.9. The number of benzene rings is 2. The van der Waals surface area contributed by atoms with E-state index in [0.29, 0.717) is 37.4 Å². The lowest BCUT2D eigenvalue weighted by Crippen LogP contribution is -2.46. The number of methoxy groups -OCH3 is 1. The van der Waals surface area contributed by atoms with Crippen molar-refractivity contribution in [2.75, 3.05) is 20.2 Å². The Morgan fingerprint density at radius 1 is 1.18 bits per heavy atom. The van der Waals surface area contributed by atoms with Crippen molar-refractivity contribution in [2.45, 2.75) is 30.2 Å². The van der Waals surface area contributed by atoms with Gasteiger partial charge < -0.3 is 10.1 Å². The maximum Gasteiger partial charge on any atom is 0.243 e. The van der Waals surface area contributed by atoms with E-state index >= 15 is 0 Å². The summed E-state index contributed by atoms with van der Waals surface area (Å²) in [6, 6.07) is 12.9. The highest BCUT2D eigenvalue weighted by molar-refractivity contribution is 7.89. The lowest BCUT2D eigenvalue weighted by Gasteiger charge is -2.23. The molecule has 0 spiro atoms. The molecule has 0 saturated carbocycles. The van der Waals surface area contributed by atoms with Crippen molar-refractivity contribution in [1.29, 1.82) is 0 Å². The molecule has 1 amide bonds. The first-order valence-electron chi connectivity index (χ1n) is 9.10. The average Bonchev–Trinajstić information content (AvgIpc) is 3.20. The summed E-state index contributed by atoms with van der Waals surface area (Å²) in [5.74, 6) is 0.519. The number of hydrogen-bond donors (Lipinski definition) is 1. The average molecular weight is 423 g/mol. The number of carbonyl (C=O) groups excluding carboxylic acids is 1. The molecule has 0 unspecified atom stereocenters. The zero-order valence-corrected chi connectivity index (χ0v) is 17.2. The Morgan fingerprint density at radius 3 is 2.50 bits per heavy atom. The quantitative estimate of drug-likeness (QED) is 0.744. The van der Waals surface area contributed by atoms with Crippen LogP contribution in [-0.2, 0) is 21.2 Å². The smallest absolute Gasteiger partial charge is 0.243 e. The number of ether oxygens (including phenoxy) is 1. The molecule has 1 aliphatic rings. The Labute approximate surface area is 170 Å². The molecule has 1 N–H and O–H groups in total. The van der Waals surface area contributed by atoms with Crippen LogP contribution in [0.3, 0.4) is 0 Å². The van der Waals surface area contributed by atoms with E-state index in [9.17, 15) is 13.2 Å². The van der Waals surface area contributed by atoms with Crippen LogP contribution in [0, 0.1) is 0 Å². The Kier molecular flexibility index (Phi) is 6.59. The second kappa shape index (κ2) is 8.94. The number of rotatable bonds is 7. The van der Waals surface area contributed by atoms with Crippen molar-refractivity contribution < 1.29 is 17.9 Å².